The summed E-state index contributed by atoms with van der Waals surface area (Å²) in [7, 11) is 3.55. The second-order valence-electron chi connectivity index (χ2n) is 7.72. The number of likely N-dealkylation sites (N-methyl/N-ethyl adjacent to an activating group) is 1. The van der Waals surface area contributed by atoms with Crippen molar-refractivity contribution in [3.8, 4) is 0 Å². The summed E-state index contributed by atoms with van der Waals surface area (Å²) in [6.45, 7) is 1.71. The van der Waals surface area contributed by atoms with Gasteiger partial charge in [-0.3, -0.25) is 14.5 Å². The molecule has 0 unspecified atom stereocenters. The lowest BCUT2D eigenvalue weighted by Gasteiger charge is -2.42. The zero-order valence-corrected chi connectivity index (χ0v) is 16.7. The summed E-state index contributed by atoms with van der Waals surface area (Å²) in [6, 6.07) is 18.0. The number of rotatable bonds is 8. The lowest BCUT2D eigenvalue weighted by atomic mass is 9.64. The van der Waals surface area contributed by atoms with Crippen LogP contribution in [0.5, 0.6) is 0 Å². The van der Waals surface area contributed by atoms with E-state index in [9.17, 15) is 9.59 Å². The van der Waals surface area contributed by atoms with E-state index in [2.05, 4.69) is 34.9 Å². The van der Waals surface area contributed by atoms with Crippen LogP contribution in [0.15, 0.2) is 54.6 Å². The standard InChI is InChI=1S/C23H29N3O2/c1-24-22(28)19-11-9-18(10-12-19)15-26(2)16-21(27)25-17-23(13-6-14-23)20-7-4-3-5-8-20/h3-5,7-12H,6,13-17H2,1-2H3,(H,24,28)(H,25,27). The molecule has 0 atom stereocenters. The SMILES string of the molecule is CNC(=O)c1ccc(CN(C)CC(=O)NCC2(c3ccccc3)CCC2)cc1. The Kier molecular flexibility index (Phi) is 6.47. The Bertz CT molecular complexity index is 798. The molecule has 28 heavy (non-hydrogen) atoms. The molecule has 1 fully saturated rings. The largest absolute Gasteiger partial charge is 0.355 e. The highest BCUT2D eigenvalue weighted by molar-refractivity contribution is 5.93. The molecule has 5 nitrogen and oxygen atoms in total. The normalized spacial score (nSPS) is 15.0. The molecule has 0 saturated heterocycles. The molecule has 2 aromatic rings. The van der Waals surface area contributed by atoms with Gasteiger partial charge in [-0.25, -0.2) is 0 Å². The molecular weight excluding hydrogens is 350 g/mol. The van der Waals surface area contributed by atoms with E-state index in [0.29, 0.717) is 25.2 Å². The van der Waals surface area contributed by atoms with Gasteiger partial charge in [-0.15, -0.1) is 0 Å². The average Bonchev–Trinajstić information content (AvgIpc) is 2.68. The molecular formula is C23H29N3O2. The summed E-state index contributed by atoms with van der Waals surface area (Å²) >= 11 is 0. The van der Waals surface area contributed by atoms with Gasteiger partial charge in [-0.05, 0) is 43.1 Å². The average molecular weight is 380 g/mol. The highest BCUT2D eigenvalue weighted by atomic mass is 16.2. The topological polar surface area (TPSA) is 61.4 Å². The Morgan fingerprint density at radius 3 is 2.29 bits per heavy atom. The van der Waals surface area contributed by atoms with E-state index in [4.69, 9.17) is 0 Å². The molecule has 0 radical (unpaired) electrons. The number of nitrogens with one attached hydrogen (secondary N) is 2. The van der Waals surface area contributed by atoms with E-state index in [-0.39, 0.29) is 17.2 Å². The molecule has 3 rings (SSSR count). The molecule has 2 amide bonds. The first-order valence-electron chi connectivity index (χ1n) is 9.84. The lowest BCUT2D eigenvalue weighted by Crippen LogP contribution is -2.47. The van der Waals surface area contributed by atoms with Crippen molar-refractivity contribution in [2.75, 3.05) is 27.2 Å². The van der Waals surface area contributed by atoms with Gasteiger partial charge >= 0.3 is 0 Å². The maximum atomic E-state index is 12.4. The molecule has 0 heterocycles. The predicted octanol–water partition coefficient (Wildman–Crippen LogP) is 2.72. The lowest BCUT2D eigenvalue weighted by molar-refractivity contribution is -0.122. The number of hydrogen-bond acceptors (Lipinski definition) is 3. The minimum Gasteiger partial charge on any atom is -0.355 e. The summed E-state index contributed by atoms with van der Waals surface area (Å²) in [5, 5.41) is 5.75. The number of benzene rings is 2. The second kappa shape index (κ2) is 9.02. The van der Waals surface area contributed by atoms with Crippen LogP contribution in [0.25, 0.3) is 0 Å². The van der Waals surface area contributed by atoms with Crippen molar-refractivity contribution < 1.29 is 9.59 Å². The minimum atomic E-state index is -0.0948. The van der Waals surface area contributed by atoms with E-state index >= 15 is 0 Å². The van der Waals surface area contributed by atoms with E-state index in [1.54, 1.807) is 7.05 Å². The van der Waals surface area contributed by atoms with Crippen LogP contribution in [0, 0.1) is 0 Å². The highest BCUT2D eigenvalue weighted by Crippen LogP contribution is 2.43. The molecule has 0 spiro atoms. The number of nitrogens with zero attached hydrogens (tertiary/aromatic N) is 1. The summed E-state index contributed by atoms with van der Waals surface area (Å²) in [4.78, 5) is 26.0. The molecule has 5 heteroatoms. The highest BCUT2D eigenvalue weighted by Gasteiger charge is 2.38. The number of amides is 2. The van der Waals surface area contributed by atoms with Crippen LogP contribution in [0.4, 0.5) is 0 Å². The number of hydrogen-bond donors (Lipinski definition) is 2. The molecule has 1 aliphatic rings. The zero-order chi connectivity index (χ0) is 20.0. The van der Waals surface area contributed by atoms with E-state index in [1.807, 2.05) is 42.3 Å². The van der Waals surface area contributed by atoms with Crippen LogP contribution in [0.2, 0.25) is 0 Å². The van der Waals surface area contributed by atoms with Crippen LogP contribution >= 0.6 is 0 Å². The van der Waals surface area contributed by atoms with Gasteiger partial charge in [0.25, 0.3) is 5.91 Å². The van der Waals surface area contributed by atoms with E-state index in [0.717, 1.165) is 18.4 Å². The van der Waals surface area contributed by atoms with Crippen LogP contribution in [0.3, 0.4) is 0 Å². The van der Waals surface area contributed by atoms with Gasteiger partial charge in [0, 0.05) is 31.1 Å². The molecule has 148 valence electrons. The first kappa shape index (κ1) is 20.1. The summed E-state index contributed by atoms with van der Waals surface area (Å²) in [5.41, 5.74) is 3.14. The van der Waals surface area contributed by atoms with Crippen molar-refractivity contribution in [1.82, 2.24) is 15.5 Å². The van der Waals surface area contributed by atoms with Crippen LogP contribution in [-0.4, -0.2) is 43.9 Å². The third kappa shape index (κ3) is 4.78. The monoisotopic (exact) mass is 379 g/mol. The third-order valence-electron chi connectivity index (χ3n) is 5.63. The summed E-state index contributed by atoms with van der Waals surface area (Å²) in [5.74, 6) is -0.0469. The van der Waals surface area contributed by atoms with Crippen molar-refractivity contribution in [2.45, 2.75) is 31.2 Å². The molecule has 0 aliphatic heterocycles. The predicted molar refractivity (Wildman–Crippen MR) is 111 cm³/mol. The minimum absolute atomic E-state index is 0.0479. The van der Waals surface area contributed by atoms with Crippen LogP contribution < -0.4 is 10.6 Å². The third-order valence-corrected chi connectivity index (χ3v) is 5.63. The quantitative estimate of drug-likeness (QED) is 0.741. The molecule has 2 aromatic carbocycles. The molecule has 0 bridgehead atoms. The van der Waals surface area contributed by atoms with Crippen molar-refractivity contribution in [2.24, 2.45) is 0 Å². The fraction of sp³-hybridized carbons (Fsp3) is 0.391. The number of carbonyl (C=O) groups excluding carboxylic acids is 2. The summed E-state index contributed by atoms with van der Waals surface area (Å²) < 4.78 is 0. The maximum Gasteiger partial charge on any atom is 0.251 e. The van der Waals surface area contributed by atoms with Crippen molar-refractivity contribution >= 4 is 11.8 Å². The Balaban J connectivity index is 1.48. The Morgan fingerprint density at radius 1 is 1.04 bits per heavy atom. The van der Waals surface area contributed by atoms with Gasteiger partial charge in [-0.1, -0.05) is 48.9 Å². The van der Waals surface area contributed by atoms with Crippen LogP contribution in [-0.2, 0) is 16.8 Å². The van der Waals surface area contributed by atoms with Gasteiger partial charge in [0.05, 0.1) is 6.54 Å². The van der Waals surface area contributed by atoms with Crippen LogP contribution in [0.1, 0.15) is 40.7 Å². The zero-order valence-electron chi connectivity index (χ0n) is 16.7. The first-order chi connectivity index (χ1) is 13.5. The number of carbonyl (C=O) groups is 2. The first-order valence-corrected chi connectivity index (χ1v) is 9.84. The Hall–Kier alpha value is -2.66. The van der Waals surface area contributed by atoms with Gasteiger partial charge in [0.15, 0.2) is 0 Å². The second-order valence-corrected chi connectivity index (χ2v) is 7.72. The van der Waals surface area contributed by atoms with Crippen molar-refractivity contribution in [3.05, 3.63) is 71.3 Å². The molecule has 0 aromatic heterocycles. The fourth-order valence-corrected chi connectivity index (χ4v) is 3.81. The van der Waals surface area contributed by atoms with Gasteiger partial charge in [-0.2, -0.15) is 0 Å². The maximum absolute atomic E-state index is 12.4. The van der Waals surface area contributed by atoms with Gasteiger partial charge in [0.1, 0.15) is 0 Å². The Labute approximate surface area is 167 Å². The van der Waals surface area contributed by atoms with Crippen molar-refractivity contribution in [3.63, 3.8) is 0 Å². The molecule has 1 aliphatic carbocycles. The van der Waals surface area contributed by atoms with Crippen molar-refractivity contribution in [1.29, 1.82) is 0 Å². The summed E-state index contributed by atoms with van der Waals surface area (Å²) in [6.07, 6.45) is 3.48. The smallest absolute Gasteiger partial charge is 0.251 e. The van der Waals surface area contributed by atoms with E-state index in [1.165, 1.54) is 12.0 Å². The fourth-order valence-electron chi connectivity index (χ4n) is 3.81. The van der Waals surface area contributed by atoms with E-state index < -0.39 is 0 Å². The molecule has 1 saturated carbocycles. The molecule has 2 N–H and O–H groups in total. The Morgan fingerprint density at radius 2 is 1.71 bits per heavy atom. The van der Waals surface area contributed by atoms with Gasteiger partial charge < -0.3 is 10.6 Å². The van der Waals surface area contributed by atoms with Gasteiger partial charge in [0.2, 0.25) is 5.91 Å².